The molecule has 4 heteroatoms. The second-order valence-electron chi connectivity index (χ2n) is 3.51. The molecule has 16 heavy (non-hydrogen) atoms. The quantitative estimate of drug-likeness (QED) is 0.709. The van der Waals surface area contributed by atoms with Gasteiger partial charge in [-0.15, -0.1) is 0 Å². The number of ether oxygens (including phenoxy) is 1. The topological polar surface area (TPSA) is 47.0 Å². The molecular weight excluding hydrogens is 202 g/mol. The number of rotatable bonds is 7. The van der Waals surface area contributed by atoms with Crippen molar-refractivity contribution in [1.29, 1.82) is 0 Å². The summed E-state index contributed by atoms with van der Waals surface area (Å²) in [6.07, 6.45) is 8.34. The van der Waals surface area contributed by atoms with E-state index in [1.165, 1.54) is 5.57 Å². The molecular formula is C12H19N3O. The molecule has 1 aromatic heterocycles. The zero-order valence-corrected chi connectivity index (χ0v) is 9.94. The zero-order chi connectivity index (χ0) is 11.6. The van der Waals surface area contributed by atoms with Gasteiger partial charge in [0.05, 0.1) is 18.5 Å². The van der Waals surface area contributed by atoms with Crippen molar-refractivity contribution in [2.75, 3.05) is 26.8 Å². The average molecular weight is 221 g/mol. The molecule has 0 aliphatic carbocycles. The minimum Gasteiger partial charge on any atom is -0.383 e. The molecule has 0 fully saturated rings. The van der Waals surface area contributed by atoms with E-state index in [0.29, 0.717) is 0 Å². The van der Waals surface area contributed by atoms with Crippen LogP contribution in [0.2, 0.25) is 0 Å². The molecule has 0 radical (unpaired) electrons. The molecule has 0 aliphatic rings. The van der Waals surface area contributed by atoms with Gasteiger partial charge in [-0.2, -0.15) is 0 Å². The summed E-state index contributed by atoms with van der Waals surface area (Å²) in [5, 5.41) is 3.29. The number of hydrogen-bond donors (Lipinski definition) is 1. The maximum absolute atomic E-state index is 4.94. The van der Waals surface area contributed by atoms with Crippen molar-refractivity contribution in [3.05, 3.63) is 30.4 Å². The van der Waals surface area contributed by atoms with Crippen LogP contribution in [0.5, 0.6) is 0 Å². The van der Waals surface area contributed by atoms with Gasteiger partial charge < -0.3 is 10.1 Å². The molecule has 0 spiro atoms. The van der Waals surface area contributed by atoms with Crippen molar-refractivity contribution in [3.8, 4) is 0 Å². The summed E-state index contributed by atoms with van der Waals surface area (Å²) in [7, 11) is 1.71. The molecule has 4 nitrogen and oxygen atoms in total. The van der Waals surface area contributed by atoms with E-state index in [2.05, 4.69) is 28.3 Å². The number of nitrogens with one attached hydrogen (secondary N) is 1. The van der Waals surface area contributed by atoms with Gasteiger partial charge in [0.2, 0.25) is 0 Å². The number of allylic oxidation sites excluding steroid dienone is 1. The Morgan fingerprint density at radius 3 is 3.00 bits per heavy atom. The Balaban J connectivity index is 2.24. The van der Waals surface area contributed by atoms with Gasteiger partial charge in [0.1, 0.15) is 0 Å². The normalized spacial score (nSPS) is 11.8. The molecule has 0 unspecified atom stereocenters. The van der Waals surface area contributed by atoms with Gasteiger partial charge in [-0.3, -0.25) is 9.97 Å². The Hall–Kier alpha value is -1.26. The second kappa shape index (κ2) is 7.96. The molecule has 0 aliphatic heterocycles. The Kier molecular flexibility index (Phi) is 6.37. The summed E-state index contributed by atoms with van der Waals surface area (Å²) < 4.78 is 4.94. The highest BCUT2D eigenvalue weighted by atomic mass is 16.5. The minimum absolute atomic E-state index is 0.757. The van der Waals surface area contributed by atoms with E-state index in [0.717, 1.165) is 31.8 Å². The lowest BCUT2D eigenvalue weighted by Gasteiger charge is -2.02. The molecule has 0 saturated heterocycles. The third-order valence-corrected chi connectivity index (χ3v) is 2.22. The van der Waals surface area contributed by atoms with Crippen LogP contribution < -0.4 is 5.32 Å². The first kappa shape index (κ1) is 12.8. The standard InChI is InChI=1S/C12H19N3O/c1-11(12-10-14-6-7-15-12)4-3-5-13-8-9-16-2/h4,6-7,10,13H,3,5,8-9H2,1-2H3. The molecule has 0 saturated carbocycles. The highest BCUT2D eigenvalue weighted by Crippen LogP contribution is 2.08. The van der Waals surface area contributed by atoms with E-state index in [-0.39, 0.29) is 0 Å². The van der Waals surface area contributed by atoms with Gasteiger partial charge in [0, 0.05) is 26.0 Å². The SMILES string of the molecule is COCCNCCC=C(C)c1cnccn1. The van der Waals surface area contributed by atoms with Crippen LogP contribution >= 0.6 is 0 Å². The predicted octanol–water partition coefficient (Wildman–Crippen LogP) is 1.51. The summed E-state index contributed by atoms with van der Waals surface area (Å²) in [4.78, 5) is 8.27. The van der Waals surface area contributed by atoms with Crippen molar-refractivity contribution in [3.63, 3.8) is 0 Å². The van der Waals surface area contributed by atoms with Crippen LogP contribution in [0.3, 0.4) is 0 Å². The summed E-state index contributed by atoms with van der Waals surface area (Å²) in [6.45, 7) is 4.67. The van der Waals surface area contributed by atoms with E-state index in [4.69, 9.17) is 4.74 Å². The molecule has 88 valence electrons. The highest BCUT2D eigenvalue weighted by Gasteiger charge is 1.95. The fraction of sp³-hybridized carbons (Fsp3) is 0.500. The van der Waals surface area contributed by atoms with Crippen LogP contribution in [-0.2, 0) is 4.74 Å². The van der Waals surface area contributed by atoms with Gasteiger partial charge in [-0.25, -0.2) is 0 Å². The molecule has 1 aromatic rings. The highest BCUT2D eigenvalue weighted by molar-refractivity contribution is 5.59. The smallest absolute Gasteiger partial charge is 0.0838 e. The monoisotopic (exact) mass is 221 g/mol. The van der Waals surface area contributed by atoms with Gasteiger partial charge in [0.15, 0.2) is 0 Å². The van der Waals surface area contributed by atoms with Crippen LogP contribution in [0.4, 0.5) is 0 Å². The van der Waals surface area contributed by atoms with Crippen molar-refractivity contribution in [1.82, 2.24) is 15.3 Å². The van der Waals surface area contributed by atoms with Crippen LogP contribution in [0.1, 0.15) is 19.0 Å². The number of aromatic nitrogens is 2. The molecule has 0 atom stereocenters. The van der Waals surface area contributed by atoms with Crippen LogP contribution in [0, 0.1) is 0 Å². The van der Waals surface area contributed by atoms with Gasteiger partial charge in [-0.05, 0) is 25.5 Å². The molecule has 1 heterocycles. The zero-order valence-electron chi connectivity index (χ0n) is 9.94. The van der Waals surface area contributed by atoms with E-state index in [9.17, 15) is 0 Å². The number of nitrogens with zero attached hydrogens (tertiary/aromatic N) is 2. The van der Waals surface area contributed by atoms with E-state index < -0.39 is 0 Å². The first-order valence-corrected chi connectivity index (χ1v) is 5.47. The van der Waals surface area contributed by atoms with Crippen LogP contribution in [-0.4, -0.2) is 36.8 Å². The fourth-order valence-electron chi connectivity index (χ4n) is 1.30. The second-order valence-corrected chi connectivity index (χ2v) is 3.51. The Morgan fingerprint density at radius 2 is 2.31 bits per heavy atom. The Labute approximate surface area is 96.8 Å². The first-order valence-electron chi connectivity index (χ1n) is 5.47. The number of hydrogen-bond acceptors (Lipinski definition) is 4. The van der Waals surface area contributed by atoms with E-state index in [1.807, 2.05) is 0 Å². The van der Waals surface area contributed by atoms with Crippen LogP contribution in [0.15, 0.2) is 24.7 Å². The van der Waals surface area contributed by atoms with Crippen molar-refractivity contribution < 1.29 is 4.74 Å². The Morgan fingerprint density at radius 1 is 1.44 bits per heavy atom. The molecule has 0 aromatic carbocycles. The summed E-state index contributed by atoms with van der Waals surface area (Å²) in [5.41, 5.74) is 2.11. The van der Waals surface area contributed by atoms with Gasteiger partial charge in [-0.1, -0.05) is 6.08 Å². The Bertz CT molecular complexity index is 311. The maximum atomic E-state index is 4.94. The van der Waals surface area contributed by atoms with Crippen molar-refractivity contribution >= 4 is 5.57 Å². The minimum atomic E-state index is 0.757. The maximum Gasteiger partial charge on any atom is 0.0838 e. The van der Waals surface area contributed by atoms with E-state index >= 15 is 0 Å². The third kappa shape index (κ3) is 5.00. The first-order chi connectivity index (χ1) is 7.84. The van der Waals surface area contributed by atoms with Crippen LogP contribution in [0.25, 0.3) is 5.57 Å². The lowest BCUT2D eigenvalue weighted by atomic mass is 10.2. The van der Waals surface area contributed by atoms with Gasteiger partial charge >= 0.3 is 0 Å². The molecule has 0 bridgehead atoms. The third-order valence-electron chi connectivity index (χ3n) is 2.22. The summed E-state index contributed by atoms with van der Waals surface area (Å²) >= 11 is 0. The largest absolute Gasteiger partial charge is 0.383 e. The summed E-state index contributed by atoms with van der Waals surface area (Å²) in [6, 6.07) is 0. The summed E-state index contributed by atoms with van der Waals surface area (Å²) in [5.74, 6) is 0. The van der Waals surface area contributed by atoms with Crippen molar-refractivity contribution in [2.45, 2.75) is 13.3 Å². The molecule has 0 amide bonds. The lowest BCUT2D eigenvalue weighted by Crippen LogP contribution is -2.19. The van der Waals surface area contributed by atoms with E-state index in [1.54, 1.807) is 25.7 Å². The fourth-order valence-corrected chi connectivity index (χ4v) is 1.30. The lowest BCUT2D eigenvalue weighted by molar-refractivity contribution is 0.199. The number of methoxy groups -OCH3 is 1. The molecule has 1 N–H and O–H groups in total. The predicted molar refractivity (Wildman–Crippen MR) is 65.0 cm³/mol. The average Bonchev–Trinajstić information content (AvgIpc) is 2.34. The van der Waals surface area contributed by atoms with Gasteiger partial charge in [0.25, 0.3) is 0 Å². The molecule has 1 rings (SSSR count). The van der Waals surface area contributed by atoms with Crippen molar-refractivity contribution in [2.24, 2.45) is 0 Å².